The van der Waals surface area contributed by atoms with Gasteiger partial charge in [-0.1, -0.05) is 15.9 Å². The number of hydrogen-bond donors (Lipinski definition) is 2. The van der Waals surface area contributed by atoms with Gasteiger partial charge in [-0.3, -0.25) is 4.79 Å². The maximum atomic E-state index is 11.1. The smallest absolute Gasteiger partial charge is 0.329 e. The minimum absolute atomic E-state index is 0.263. The molecule has 0 bridgehead atoms. The average Bonchev–Trinajstić information content (AvgIpc) is 2.32. The fourth-order valence-corrected chi connectivity index (χ4v) is 1.15. The topological polar surface area (TPSA) is 94.1 Å². The van der Waals surface area contributed by atoms with Gasteiger partial charge in [0.1, 0.15) is 13.2 Å². The monoisotopic (exact) mass is 327 g/mol. The van der Waals surface area contributed by atoms with E-state index >= 15 is 0 Å². The molecule has 0 aliphatic carbocycles. The number of carbonyl (C=O) groups is 2. The Labute approximate surface area is 114 Å². The number of alkyl halides is 1. The second-order valence-electron chi connectivity index (χ2n) is 3.15. The number of ether oxygens (including phenoxy) is 3. The zero-order valence-electron chi connectivity index (χ0n) is 10.0. The summed E-state index contributed by atoms with van der Waals surface area (Å²) in [6.07, 6.45) is 0. The number of nitrogens with one attached hydrogen (secondary N) is 1. The van der Waals surface area contributed by atoms with E-state index < -0.39 is 12.6 Å². The first kappa shape index (κ1) is 17.3. The molecule has 0 heterocycles. The minimum Gasteiger partial charge on any atom is -0.480 e. The first-order valence-corrected chi connectivity index (χ1v) is 6.56. The Kier molecular flexibility index (Phi) is 12.3. The van der Waals surface area contributed by atoms with Crippen LogP contribution < -0.4 is 5.32 Å². The van der Waals surface area contributed by atoms with Crippen LogP contribution in [0.1, 0.15) is 0 Å². The van der Waals surface area contributed by atoms with E-state index in [1.165, 1.54) is 0 Å². The summed E-state index contributed by atoms with van der Waals surface area (Å²) in [7, 11) is 0. The molecule has 0 aromatic rings. The van der Waals surface area contributed by atoms with Crippen molar-refractivity contribution in [2.24, 2.45) is 0 Å². The van der Waals surface area contributed by atoms with Crippen molar-refractivity contribution in [2.75, 3.05) is 51.5 Å². The average molecular weight is 328 g/mol. The number of hydrogen-bond acceptors (Lipinski definition) is 5. The molecule has 0 aliphatic rings. The predicted molar refractivity (Wildman–Crippen MR) is 66.9 cm³/mol. The van der Waals surface area contributed by atoms with Gasteiger partial charge in [0.05, 0.1) is 26.4 Å². The molecular formula is C10H18BrNO6. The van der Waals surface area contributed by atoms with Gasteiger partial charge in [-0.05, 0) is 0 Å². The van der Waals surface area contributed by atoms with Gasteiger partial charge in [0.2, 0.25) is 5.91 Å². The van der Waals surface area contributed by atoms with Gasteiger partial charge in [-0.15, -0.1) is 0 Å². The van der Waals surface area contributed by atoms with Crippen molar-refractivity contribution in [3.63, 3.8) is 0 Å². The highest BCUT2D eigenvalue weighted by atomic mass is 79.9. The van der Waals surface area contributed by atoms with E-state index in [1.54, 1.807) is 0 Å². The van der Waals surface area contributed by atoms with Crippen LogP contribution in [0.15, 0.2) is 0 Å². The van der Waals surface area contributed by atoms with Crippen LogP contribution in [0.2, 0.25) is 0 Å². The zero-order chi connectivity index (χ0) is 13.6. The van der Waals surface area contributed by atoms with Crippen LogP contribution >= 0.6 is 15.9 Å². The van der Waals surface area contributed by atoms with Crippen LogP contribution in [-0.4, -0.2) is 68.5 Å². The summed E-state index contributed by atoms with van der Waals surface area (Å²) >= 11 is 3.23. The third-order valence-electron chi connectivity index (χ3n) is 1.62. The fraction of sp³-hybridized carbons (Fsp3) is 0.800. The molecule has 18 heavy (non-hydrogen) atoms. The molecule has 8 heteroatoms. The van der Waals surface area contributed by atoms with E-state index in [0.29, 0.717) is 33.0 Å². The Morgan fingerprint density at radius 3 is 2.28 bits per heavy atom. The van der Waals surface area contributed by atoms with Gasteiger partial charge < -0.3 is 24.6 Å². The Hall–Kier alpha value is -0.700. The summed E-state index contributed by atoms with van der Waals surface area (Å²) in [6, 6.07) is 0. The number of carbonyl (C=O) groups excluding carboxylic acids is 1. The number of aliphatic carboxylic acids is 1. The normalized spacial score (nSPS) is 10.3. The van der Waals surface area contributed by atoms with Crippen LogP contribution in [0.3, 0.4) is 0 Å². The van der Waals surface area contributed by atoms with Gasteiger partial charge in [0, 0.05) is 11.9 Å². The molecule has 0 saturated heterocycles. The maximum absolute atomic E-state index is 11.1. The summed E-state index contributed by atoms with van der Waals surface area (Å²) < 4.78 is 14.9. The van der Waals surface area contributed by atoms with Crippen molar-refractivity contribution in [3.8, 4) is 0 Å². The molecular weight excluding hydrogens is 310 g/mol. The van der Waals surface area contributed by atoms with Gasteiger partial charge in [0.15, 0.2) is 0 Å². The third kappa shape index (κ3) is 13.4. The van der Waals surface area contributed by atoms with E-state index in [1.807, 2.05) is 0 Å². The Balaban J connectivity index is 3.17. The lowest BCUT2D eigenvalue weighted by molar-refractivity contribution is -0.143. The van der Waals surface area contributed by atoms with Crippen molar-refractivity contribution in [1.82, 2.24) is 5.32 Å². The largest absolute Gasteiger partial charge is 0.480 e. The van der Waals surface area contributed by atoms with Gasteiger partial charge in [-0.25, -0.2) is 4.79 Å². The van der Waals surface area contributed by atoms with Crippen LogP contribution in [0.4, 0.5) is 0 Å². The number of carboxylic acid groups (broad SMARTS) is 1. The first-order chi connectivity index (χ1) is 8.66. The molecule has 0 spiro atoms. The summed E-state index contributed by atoms with van der Waals surface area (Å²) in [4.78, 5) is 21.2. The van der Waals surface area contributed by atoms with Crippen molar-refractivity contribution >= 4 is 27.8 Å². The molecule has 0 fully saturated rings. The molecule has 0 aromatic heterocycles. The highest BCUT2D eigenvalue weighted by molar-refractivity contribution is 9.09. The molecule has 1 amide bonds. The molecule has 0 radical (unpaired) electrons. The molecule has 106 valence electrons. The lowest BCUT2D eigenvalue weighted by atomic mass is 10.6. The van der Waals surface area contributed by atoms with Crippen molar-refractivity contribution in [1.29, 1.82) is 0 Å². The van der Waals surface area contributed by atoms with Crippen molar-refractivity contribution in [3.05, 3.63) is 0 Å². The Morgan fingerprint density at radius 2 is 1.67 bits per heavy atom. The third-order valence-corrected chi connectivity index (χ3v) is 1.94. The van der Waals surface area contributed by atoms with Gasteiger partial charge in [0.25, 0.3) is 0 Å². The number of amides is 1. The number of halogens is 1. The summed E-state index contributed by atoms with van der Waals surface area (Å²) in [5.74, 6) is -1.47. The number of carboxylic acids is 1. The Morgan fingerprint density at radius 1 is 1.00 bits per heavy atom. The minimum atomic E-state index is -1.10. The summed E-state index contributed by atoms with van der Waals surface area (Å²) in [5, 5.41) is 11.6. The molecule has 7 nitrogen and oxygen atoms in total. The van der Waals surface area contributed by atoms with Crippen molar-refractivity contribution < 1.29 is 28.9 Å². The quantitative estimate of drug-likeness (QED) is 0.375. The molecule has 2 N–H and O–H groups in total. The molecule has 0 saturated carbocycles. The molecule has 0 aromatic carbocycles. The van der Waals surface area contributed by atoms with E-state index in [9.17, 15) is 9.59 Å². The van der Waals surface area contributed by atoms with E-state index in [2.05, 4.69) is 26.0 Å². The lowest BCUT2D eigenvalue weighted by Crippen LogP contribution is -2.31. The van der Waals surface area contributed by atoms with Crippen molar-refractivity contribution in [2.45, 2.75) is 0 Å². The number of rotatable bonds is 12. The van der Waals surface area contributed by atoms with E-state index in [4.69, 9.17) is 14.6 Å². The second kappa shape index (κ2) is 12.7. The molecule has 0 atom stereocenters. The molecule has 0 rings (SSSR count). The molecule has 0 unspecified atom stereocenters. The maximum Gasteiger partial charge on any atom is 0.329 e. The van der Waals surface area contributed by atoms with Gasteiger partial charge in [-0.2, -0.15) is 0 Å². The predicted octanol–water partition coefficient (Wildman–Crippen LogP) is -0.368. The fourth-order valence-electron chi connectivity index (χ4n) is 0.921. The van der Waals surface area contributed by atoms with Crippen LogP contribution in [-0.2, 0) is 23.8 Å². The second-order valence-corrected chi connectivity index (χ2v) is 3.94. The van der Waals surface area contributed by atoms with Crippen LogP contribution in [0.25, 0.3) is 0 Å². The van der Waals surface area contributed by atoms with Gasteiger partial charge >= 0.3 is 5.97 Å². The SMILES string of the molecule is O=C(O)COCC(=O)NCCOCCOCCBr. The van der Waals surface area contributed by atoms with E-state index in [0.717, 1.165) is 5.33 Å². The van der Waals surface area contributed by atoms with E-state index in [-0.39, 0.29) is 12.5 Å². The lowest BCUT2D eigenvalue weighted by Gasteiger charge is -2.06. The standard InChI is InChI=1S/C10H18BrNO6/c11-1-3-16-5-6-17-4-2-12-9(13)7-18-8-10(14)15/h1-8H2,(H,12,13)(H,14,15). The zero-order valence-corrected chi connectivity index (χ0v) is 11.6. The highest BCUT2D eigenvalue weighted by Gasteiger charge is 2.02. The first-order valence-electron chi connectivity index (χ1n) is 5.44. The highest BCUT2D eigenvalue weighted by Crippen LogP contribution is 1.83. The molecule has 0 aliphatic heterocycles. The summed E-state index contributed by atoms with van der Waals surface area (Å²) in [5.41, 5.74) is 0. The Bertz CT molecular complexity index is 238. The summed E-state index contributed by atoms with van der Waals surface area (Å²) in [6.45, 7) is 1.62. The van der Waals surface area contributed by atoms with Crippen LogP contribution in [0, 0.1) is 0 Å². The van der Waals surface area contributed by atoms with Crippen LogP contribution in [0.5, 0.6) is 0 Å².